The number of halogens is 5. The van der Waals surface area contributed by atoms with Gasteiger partial charge in [-0.2, -0.15) is 10.2 Å². The SMILES string of the molecule is O=C(Nc1nn(Cc2c(F)cccc2Cl)cc1Br)c1ccn(COc2cccc(Cl)c2Cl)n1. The van der Waals surface area contributed by atoms with Gasteiger partial charge >= 0.3 is 0 Å². The van der Waals surface area contributed by atoms with Crippen LogP contribution < -0.4 is 10.1 Å². The highest BCUT2D eigenvalue weighted by Gasteiger charge is 2.16. The van der Waals surface area contributed by atoms with Crippen LogP contribution in [0, 0.1) is 5.82 Å². The number of benzene rings is 2. The minimum Gasteiger partial charge on any atom is -0.470 e. The number of rotatable bonds is 7. The first-order valence-corrected chi connectivity index (χ1v) is 11.3. The summed E-state index contributed by atoms with van der Waals surface area (Å²) in [5, 5.41) is 12.1. The number of ether oxygens (including phenoxy) is 1. The van der Waals surface area contributed by atoms with E-state index in [1.807, 2.05) is 0 Å². The Morgan fingerprint density at radius 2 is 1.82 bits per heavy atom. The molecule has 7 nitrogen and oxygen atoms in total. The molecule has 2 aromatic heterocycles. The third-order valence-corrected chi connectivity index (χ3v) is 6.21. The van der Waals surface area contributed by atoms with E-state index in [2.05, 4.69) is 31.4 Å². The molecule has 2 heterocycles. The first kappa shape index (κ1) is 23.6. The summed E-state index contributed by atoms with van der Waals surface area (Å²) in [7, 11) is 0. The number of hydrogen-bond donors (Lipinski definition) is 1. The lowest BCUT2D eigenvalue weighted by atomic mass is 10.2. The van der Waals surface area contributed by atoms with E-state index in [0.29, 0.717) is 30.9 Å². The summed E-state index contributed by atoms with van der Waals surface area (Å²) in [4.78, 5) is 12.6. The molecule has 2 aromatic carbocycles. The van der Waals surface area contributed by atoms with Crippen molar-refractivity contribution in [3.05, 3.63) is 91.5 Å². The second-order valence-corrected chi connectivity index (χ2v) is 8.79. The number of nitrogens with zero attached hydrogens (tertiary/aromatic N) is 4. The summed E-state index contributed by atoms with van der Waals surface area (Å²) >= 11 is 21.5. The highest BCUT2D eigenvalue weighted by Crippen LogP contribution is 2.31. The lowest BCUT2D eigenvalue weighted by molar-refractivity contribution is 0.101. The monoisotopic (exact) mass is 571 g/mol. The van der Waals surface area contributed by atoms with Crippen LogP contribution in [-0.2, 0) is 13.3 Å². The van der Waals surface area contributed by atoms with Crippen LogP contribution in [0.3, 0.4) is 0 Å². The molecular formula is C21H14BrCl3FN5O2. The van der Waals surface area contributed by atoms with Crippen molar-refractivity contribution in [3.8, 4) is 5.75 Å². The maximum Gasteiger partial charge on any atom is 0.277 e. The molecule has 4 aromatic rings. The molecule has 1 N–H and O–H groups in total. The molecular weight excluding hydrogens is 560 g/mol. The van der Waals surface area contributed by atoms with E-state index in [0.717, 1.165) is 0 Å². The van der Waals surface area contributed by atoms with Gasteiger partial charge in [-0.05, 0) is 46.3 Å². The number of aromatic nitrogens is 4. The normalized spacial score (nSPS) is 10.9. The van der Waals surface area contributed by atoms with Gasteiger partial charge in [-0.15, -0.1) is 0 Å². The van der Waals surface area contributed by atoms with Crippen molar-refractivity contribution < 1.29 is 13.9 Å². The predicted octanol–water partition coefficient (Wildman–Crippen LogP) is 6.28. The number of amides is 1. The molecule has 33 heavy (non-hydrogen) atoms. The lowest BCUT2D eigenvalue weighted by Crippen LogP contribution is -2.15. The Labute approximate surface area is 211 Å². The van der Waals surface area contributed by atoms with Gasteiger partial charge in [0.25, 0.3) is 5.91 Å². The van der Waals surface area contributed by atoms with Crippen molar-refractivity contribution in [2.24, 2.45) is 0 Å². The third kappa shape index (κ3) is 5.50. The zero-order chi connectivity index (χ0) is 23.5. The predicted molar refractivity (Wildman–Crippen MR) is 128 cm³/mol. The fourth-order valence-electron chi connectivity index (χ4n) is 2.87. The Balaban J connectivity index is 1.41. The van der Waals surface area contributed by atoms with Crippen LogP contribution >= 0.6 is 50.7 Å². The van der Waals surface area contributed by atoms with Crippen LogP contribution in [0.5, 0.6) is 5.75 Å². The molecule has 0 bridgehead atoms. The van der Waals surface area contributed by atoms with Gasteiger partial charge in [-0.3, -0.25) is 9.48 Å². The van der Waals surface area contributed by atoms with Crippen molar-refractivity contribution in [1.29, 1.82) is 0 Å². The van der Waals surface area contributed by atoms with E-state index in [9.17, 15) is 9.18 Å². The minimum atomic E-state index is -0.482. The molecule has 0 aliphatic rings. The summed E-state index contributed by atoms with van der Waals surface area (Å²) in [6, 6.07) is 11.0. The minimum absolute atomic E-state index is 0.0229. The lowest BCUT2D eigenvalue weighted by Gasteiger charge is -2.08. The van der Waals surface area contributed by atoms with E-state index in [-0.39, 0.29) is 24.8 Å². The van der Waals surface area contributed by atoms with Crippen molar-refractivity contribution >= 4 is 62.5 Å². The fourth-order valence-corrected chi connectivity index (χ4v) is 3.85. The van der Waals surface area contributed by atoms with Gasteiger partial charge in [-0.1, -0.05) is 46.9 Å². The van der Waals surface area contributed by atoms with Crippen LogP contribution in [0.2, 0.25) is 15.1 Å². The van der Waals surface area contributed by atoms with Crippen LogP contribution in [0.4, 0.5) is 10.2 Å². The van der Waals surface area contributed by atoms with Crippen molar-refractivity contribution in [3.63, 3.8) is 0 Å². The third-order valence-electron chi connectivity index (χ3n) is 4.47. The first-order chi connectivity index (χ1) is 15.8. The van der Waals surface area contributed by atoms with Gasteiger partial charge in [0.15, 0.2) is 18.2 Å². The van der Waals surface area contributed by atoms with E-state index < -0.39 is 11.7 Å². The van der Waals surface area contributed by atoms with Crippen LogP contribution in [-0.4, -0.2) is 25.5 Å². The van der Waals surface area contributed by atoms with E-state index >= 15 is 0 Å². The Morgan fingerprint density at radius 1 is 1.06 bits per heavy atom. The number of anilines is 1. The van der Waals surface area contributed by atoms with Crippen LogP contribution in [0.1, 0.15) is 16.1 Å². The molecule has 0 aliphatic heterocycles. The van der Waals surface area contributed by atoms with Gasteiger partial charge in [0.2, 0.25) is 0 Å². The van der Waals surface area contributed by atoms with Gasteiger partial charge in [0.05, 0.1) is 16.0 Å². The van der Waals surface area contributed by atoms with Gasteiger partial charge in [0, 0.05) is 23.0 Å². The Kier molecular flexibility index (Phi) is 7.23. The maximum atomic E-state index is 14.0. The highest BCUT2D eigenvalue weighted by molar-refractivity contribution is 9.10. The van der Waals surface area contributed by atoms with E-state index in [1.54, 1.807) is 36.7 Å². The van der Waals surface area contributed by atoms with E-state index in [1.165, 1.54) is 27.6 Å². The number of carbonyl (C=O) groups excluding carboxylic acids is 1. The largest absolute Gasteiger partial charge is 0.470 e. The topological polar surface area (TPSA) is 74.0 Å². The molecule has 0 unspecified atom stereocenters. The quantitative estimate of drug-likeness (QED) is 0.283. The number of hydrogen-bond acceptors (Lipinski definition) is 4. The summed E-state index contributed by atoms with van der Waals surface area (Å²) < 4.78 is 23.1. The molecule has 0 saturated carbocycles. The second-order valence-electron chi connectivity index (χ2n) is 6.74. The highest BCUT2D eigenvalue weighted by atomic mass is 79.9. The van der Waals surface area contributed by atoms with Crippen molar-refractivity contribution in [2.75, 3.05) is 5.32 Å². The molecule has 4 rings (SSSR count). The molecule has 0 saturated heterocycles. The summed E-state index contributed by atoms with van der Waals surface area (Å²) in [6.45, 7) is 0.118. The Morgan fingerprint density at radius 3 is 2.61 bits per heavy atom. The smallest absolute Gasteiger partial charge is 0.277 e. The zero-order valence-corrected chi connectivity index (χ0v) is 20.5. The molecule has 0 fully saturated rings. The zero-order valence-electron chi connectivity index (χ0n) is 16.6. The number of nitrogens with one attached hydrogen (secondary N) is 1. The van der Waals surface area contributed by atoms with Crippen LogP contribution in [0.25, 0.3) is 0 Å². The molecule has 1 amide bonds. The van der Waals surface area contributed by atoms with Gasteiger partial charge in [0.1, 0.15) is 16.6 Å². The average molecular weight is 574 g/mol. The summed E-state index contributed by atoms with van der Waals surface area (Å²) in [5.74, 6) is -0.269. The Bertz CT molecular complexity index is 1310. The first-order valence-electron chi connectivity index (χ1n) is 9.39. The summed E-state index contributed by atoms with van der Waals surface area (Å²) in [6.07, 6.45) is 3.20. The van der Waals surface area contributed by atoms with E-state index in [4.69, 9.17) is 39.5 Å². The molecule has 0 atom stereocenters. The molecule has 0 aliphatic carbocycles. The second kappa shape index (κ2) is 10.1. The molecule has 12 heteroatoms. The van der Waals surface area contributed by atoms with Crippen molar-refractivity contribution in [1.82, 2.24) is 19.6 Å². The van der Waals surface area contributed by atoms with Crippen molar-refractivity contribution in [2.45, 2.75) is 13.3 Å². The molecule has 170 valence electrons. The van der Waals surface area contributed by atoms with Gasteiger partial charge in [-0.25, -0.2) is 9.07 Å². The van der Waals surface area contributed by atoms with Gasteiger partial charge < -0.3 is 10.1 Å². The number of carbonyl (C=O) groups is 1. The van der Waals surface area contributed by atoms with Crippen LogP contribution in [0.15, 0.2) is 59.3 Å². The standard InChI is InChI=1S/C21H14BrCl3FN5O2/c22-13-10-31(9-12-14(23)3-1-5-16(12)26)29-20(13)27-21(32)17-7-8-30(28-17)11-33-18-6-2-4-15(24)19(18)25/h1-8,10H,9,11H2,(H,27,29,32). The average Bonchev–Trinajstić information content (AvgIpc) is 3.39. The summed E-state index contributed by atoms with van der Waals surface area (Å²) in [5.41, 5.74) is 0.444. The molecule has 0 spiro atoms. The fraction of sp³-hybridized carbons (Fsp3) is 0.0952. The Hall–Kier alpha value is -2.59. The maximum absolute atomic E-state index is 14.0. The molecule has 0 radical (unpaired) electrons.